The van der Waals surface area contributed by atoms with E-state index in [9.17, 15) is 4.79 Å². The summed E-state index contributed by atoms with van der Waals surface area (Å²) in [5, 5.41) is 16.7. The zero-order valence-corrected chi connectivity index (χ0v) is 14.4. The summed E-state index contributed by atoms with van der Waals surface area (Å²) in [6, 6.07) is 14.5. The molecular weight excluding hydrogens is 338 g/mol. The number of aromatic amines is 1. The predicted molar refractivity (Wildman–Crippen MR) is 96.0 cm³/mol. The molecule has 0 amide bonds. The predicted octanol–water partition coefficient (Wildman–Crippen LogP) is 3.86. The van der Waals surface area contributed by atoms with Gasteiger partial charge in [-0.2, -0.15) is 0 Å². The zero-order valence-electron chi connectivity index (χ0n) is 13.6. The van der Waals surface area contributed by atoms with E-state index >= 15 is 0 Å². The summed E-state index contributed by atoms with van der Waals surface area (Å²) < 4.78 is 5.62. The van der Waals surface area contributed by atoms with Crippen molar-refractivity contribution in [2.75, 3.05) is 6.61 Å². The van der Waals surface area contributed by atoms with Crippen LogP contribution in [0.2, 0.25) is 0 Å². The van der Waals surface area contributed by atoms with E-state index in [0.717, 1.165) is 16.9 Å². The smallest absolute Gasteiger partial charge is 0.335 e. The van der Waals surface area contributed by atoms with Gasteiger partial charge < -0.3 is 9.84 Å². The van der Waals surface area contributed by atoms with Gasteiger partial charge in [0.05, 0.1) is 17.7 Å². The Balaban J connectivity index is 1.69. The number of aromatic nitrogens is 3. The van der Waals surface area contributed by atoms with Gasteiger partial charge in [-0.1, -0.05) is 36.0 Å². The third-order valence-corrected chi connectivity index (χ3v) is 4.39. The fraction of sp³-hybridized carbons (Fsp3) is 0.167. The van der Waals surface area contributed by atoms with E-state index in [-0.39, 0.29) is 5.56 Å². The standard InChI is InChI=1S/C18H17N3O3S/c1-2-24-15-6-4-3-5-14(15)16-19-18(21-20-16)25-11-12-7-9-13(10-8-12)17(22)23/h3-10H,2,11H2,1H3,(H,22,23)(H,19,20,21). The molecule has 3 rings (SSSR count). The maximum atomic E-state index is 10.9. The largest absolute Gasteiger partial charge is 0.493 e. The molecule has 0 fully saturated rings. The maximum Gasteiger partial charge on any atom is 0.335 e. The van der Waals surface area contributed by atoms with Crippen LogP contribution in [0.4, 0.5) is 0 Å². The first-order chi connectivity index (χ1) is 12.2. The topological polar surface area (TPSA) is 88.1 Å². The number of carboxylic acid groups (broad SMARTS) is 1. The molecule has 0 aliphatic rings. The Morgan fingerprint density at radius 3 is 2.68 bits per heavy atom. The summed E-state index contributed by atoms with van der Waals surface area (Å²) in [6.45, 7) is 2.52. The number of ether oxygens (including phenoxy) is 1. The molecule has 0 saturated carbocycles. The minimum Gasteiger partial charge on any atom is -0.493 e. The van der Waals surface area contributed by atoms with Crippen molar-refractivity contribution in [1.29, 1.82) is 0 Å². The van der Waals surface area contributed by atoms with Crippen LogP contribution < -0.4 is 4.74 Å². The Morgan fingerprint density at radius 2 is 1.96 bits per heavy atom. The van der Waals surface area contributed by atoms with Crippen molar-refractivity contribution in [2.24, 2.45) is 0 Å². The number of nitrogens with zero attached hydrogens (tertiary/aromatic N) is 2. The van der Waals surface area contributed by atoms with Crippen LogP contribution in [0, 0.1) is 0 Å². The molecule has 0 saturated heterocycles. The van der Waals surface area contributed by atoms with Gasteiger partial charge in [0.2, 0.25) is 5.16 Å². The summed E-state index contributed by atoms with van der Waals surface area (Å²) in [5.41, 5.74) is 2.16. The van der Waals surface area contributed by atoms with Crippen LogP contribution in [-0.2, 0) is 5.75 Å². The highest BCUT2D eigenvalue weighted by molar-refractivity contribution is 7.98. The molecule has 0 radical (unpaired) electrons. The summed E-state index contributed by atoms with van der Waals surface area (Å²) >= 11 is 1.48. The van der Waals surface area contributed by atoms with E-state index in [4.69, 9.17) is 9.84 Å². The minimum absolute atomic E-state index is 0.279. The molecule has 0 unspecified atom stereocenters. The molecule has 0 aliphatic heterocycles. The first kappa shape index (κ1) is 17.0. The second-order valence-electron chi connectivity index (χ2n) is 5.19. The van der Waals surface area contributed by atoms with Crippen LogP contribution in [0.1, 0.15) is 22.8 Å². The van der Waals surface area contributed by atoms with Crippen LogP contribution in [0.15, 0.2) is 53.7 Å². The number of hydrogen-bond acceptors (Lipinski definition) is 5. The monoisotopic (exact) mass is 355 g/mol. The summed E-state index contributed by atoms with van der Waals surface area (Å²) in [5.74, 6) is 1.16. The van der Waals surface area contributed by atoms with E-state index < -0.39 is 5.97 Å². The lowest BCUT2D eigenvalue weighted by Crippen LogP contribution is -1.95. The van der Waals surface area contributed by atoms with E-state index in [1.165, 1.54) is 11.8 Å². The van der Waals surface area contributed by atoms with Crippen LogP contribution in [0.5, 0.6) is 5.75 Å². The molecule has 3 aromatic rings. The van der Waals surface area contributed by atoms with Gasteiger partial charge in [-0.3, -0.25) is 5.10 Å². The third kappa shape index (κ3) is 4.19. The van der Waals surface area contributed by atoms with Crippen molar-refractivity contribution >= 4 is 17.7 Å². The number of rotatable bonds is 7. The summed E-state index contributed by atoms with van der Waals surface area (Å²) in [6.07, 6.45) is 0. The molecule has 7 heteroatoms. The lowest BCUT2D eigenvalue weighted by atomic mass is 10.1. The second kappa shape index (κ2) is 7.85. The number of aromatic carboxylic acids is 1. The normalized spacial score (nSPS) is 10.6. The Morgan fingerprint density at radius 1 is 1.20 bits per heavy atom. The van der Waals surface area contributed by atoms with E-state index in [0.29, 0.717) is 23.3 Å². The Hall–Kier alpha value is -2.80. The van der Waals surface area contributed by atoms with Gasteiger partial charge in [0.25, 0.3) is 0 Å². The Bertz CT molecular complexity index is 862. The molecule has 0 bridgehead atoms. The van der Waals surface area contributed by atoms with Gasteiger partial charge in [-0.25, -0.2) is 9.78 Å². The molecule has 6 nitrogen and oxygen atoms in total. The molecular formula is C18H17N3O3S. The molecule has 128 valence electrons. The molecule has 25 heavy (non-hydrogen) atoms. The van der Waals surface area contributed by atoms with E-state index in [2.05, 4.69) is 15.2 Å². The summed E-state index contributed by atoms with van der Waals surface area (Å²) in [7, 11) is 0. The lowest BCUT2D eigenvalue weighted by Gasteiger charge is -2.06. The first-order valence-corrected chi connectivity index (χ1v) is 8.75. The van der Waals surface area contributed by atoms with Crippen molar-refractivity contribution in [3.8, 4) is 17.1 Å². The number of thioether (sulfide) groups is 1. The van der Waals surface area contributed by atoms with Gasteiger partial charge in [0.15, 0.2) is 5.82 Å². The first-order valence-electron chi connectivity index (χ1n) is 7.77. The van der Waals surface area contributed by atoms with Gasteiger partial charge >= 0.3 is 5.97 Å². The fourth-order valence-electron chi connectivity index (χ4n) is 2.27. The summed E-state index contributed by atoms with van der Waals surface area (Å²) in [4.78, 5) is 15.4. The lowest BCUT2D eigenvalue weighted by molar-refractivity contribution is 0.0697. The Kier molecular flexibility index (Phi) is 5.35. The third-order valence-electron chi connectivity index (χ3n) is 3.48. The minimum atomic E-state index is -0.925. The van der Waals surface area contributed by atoms with Gasteiger partial charge in [-0.15, -0.1) is 5.10 Å². The maximum absolute atomic E-state index is 10.9. The van der Waals surface area contributed by atoms with Gasteiger partial charge in [-0.05, 0) is 36.8 Å². The van der Waals surface area contributed by atoms with E-state index in [1.807, 2.05) is 31.2 Å². The fourth-order valence-corrected chi connectivity index (χ4v) is 3.02. The average Bonchev–Trinajstić information content (AvgIpc) is 3.10. The molecule has 1 aromatic heterocycles. The van der Waals surface area contributed by atoms with Gasteiger partial charge in [0, 0.05) is 5.75 Å². The van der Waals surface area contributed by atoms with Crippen molar-refractivity contribution in [3.05, 3.63) is 59.7 Å². The number of nitrogens with one attached hydrogen (secondary N) is 1. The van der Waals surface area contributed by atoms with Crippen molar-refractivity contribution in [1.82, 2.24) is 15.2 Å². The zero-order chi connectivity index (χ0) is 17.6. The number of para-hydroxylation sites is 1. The molecule has 2 N–H and O–H groups in total. The van der Waals surface area contributed by atoms with Crippen molar-refractivity contribution < 1.29 is 14.6 Å². The average molecular weight is 355 g/mol. The molecule has 0 atom stereocenters. The Labute approximate surface area is 149 Å². The highest BCUT2D eigenvalue weighted by atomic mass is 32.2. The highest BCUT2D eigenvalue weighted by Crippen LogP contribution is 2.29. The molecule has 2 aromatic carbocycles. The van der Waals surface area contributed by atoms with Crippen LogP contribution in [0.3, 0.4) is 0 Å². The van der Waals surface area contributed by atoms with Gasteiger partial charge in [0.1, 0.15) is 5.75 Å². The second-order valence-corrected chi connectivity index (χ2v) is 6.13. The van der Waals surface area contributed by atoms with Crippen LogP contribution in [-0.4, -0.2) is 32.9 Å². The molecule has 1 heterocycles. The van der Waals surface area contributed by atoms with Crippen molar-refractivity contribution in [3.63, 3.8) is 0 Å². The number of carboxylic acids is 1. The number of hydrogen-bond donors (Lipinski definition) is 2. The number of benzene rings is 2. The van der Waals surface area contributed by atoms with Crippen LogP contribution >= 0.6 is 11.8 Å². The SMILES string of the molecule is CCOc1ccccc1-c1nc(SCc2ccc(C(=O)O)cc2)n[nH]1. The molecule has 0 aliphatic carbocycles. The van der Waals surface area contributed by atoms with Crippen molar-refractivity contribution in [2.45, 2.75) is 17.8 Å². The van der Waals surface area contributed by atoms with E-state index in [1.54, 1.807) is 24.3 Å². The van der Waals surface area contributed by atoms with Crippen LogP contribution in [0.25, 0.3) is 11.4 Å². The number of H-pyrrole nitrogens is 1. The quantitative estimate of drug-likeness (QED) is 0.626. The number of carbonyl (C=O) groups is 1. The highest BCUT2D eigenvalue weighted by Gasteiger charge is 2.11. The molecule has 0 spiro atoms.